The molecule has 0 amide bonds. The summed E-state index contributed by atoms with van der Waals surface area (Å²) in [6, 6.07) is 0. The molecule has 2 rings (SSSR count). The molecule has 0 aliphatic heterocycles. The lowest BCUT2D eigenvalue weighted by Crippen LogP contribution is -2.31. The molecule has 0 saturated heterocycles. The summed E-state index contributed by atoms with van der Waals surface area (Å²) < 4.78 is 5.65. The van der Waals surface area contributed by atoms with Crippen molar-refractivity contribution in [2.24, 2.45) is 17.8 Å². The van der Waals surface area contributed by atoms with E-state index in [1.807, 2.05) is 0 Å². The Kier molecular flexibility index (Phi) is 8.79. The number of ether oxygens (including phenoxy) is 1. The standard InChI is InChI=1S/C21H38O3/c1-3-4-5-6-17-7-9-18(10-8-17)19-11-13-20(14-12-19)24-21(23)16(2)15-22/h17-23H,2-15H2,1H3. The minimum Gasteiger partial charge on any atom is -0.392 e. The van der Waals surface area contributed by atoms with Crippen molar-refractivity contribution in [3.63, 3.8) is 0 Å². The van der Waals surface area contributed by atoms with Crippen molar-refractivity contribution in [2.45, 2.75) is 96.4 Å². The summed E-state index contributed by atoms with van der Waals surface area (Å²) in [5, 5.41) is 18.8. The average Bonchev–Trinajstić information content (AvgIpc) is 2.62. The molecule has 1 atom stereocenters. The quantitative estimate of drug-likeness (QED) is 0.360. The first-order valence-electron chi connectivity index (χ1n) is 10.3. The van der Waals surface area contributed by atoms with Crippen molar-refractivity contribution >= 4 is 0 Å². The van der Waals surface area contributed by atoms with Gasteiger partial charge in [-0.3, -0.25) is 0 Å². The molecule has 2 N–H and O–H groups in total. The van der Waals surface area contributed by atoms with Crippen molar-refractivity contribution in [2.75, 3.05) is 6.61 Å². The van der Waals surface area contributed by atoms with Gasteiger partial charge in [-0.2, -0.15) is 0 Å². The van der Waals surface area contributed by atoms with E-state index in [0.717, 1.165) is 30.6 Å². The van der Waals surface area contributed by atoms with Crippen molar-refractivity contribution in [3.05, 3.63) is 12.2 Å². The highest BCUT2D eigenvalue weighted by Gasteiger charge is 2.31. The van der Waals surface area contributed by atoms with Crippen LogP contribution < -0.4 is 0 Å². The van der Waals surface area contributed by atoms with E-state index in [4.69, 9.17) is 9.84 Å². The Morgan fingerprint density at radius 1 is 1.00 bits per heavy atom. The summed E-state index contributed by atoms with van der Waals surface area (Å²) in [7, 11) is 0. The van der Waals surface area contributed by atoms with Crippen LogP contribution in [0.25, 0.3) is 0 Å². The predicted molar refractivity (Wildman–Crippen MR) is 98.7 cm³/mol. The monoisotopic (exact) mass is 338 g/mol. The van der Waals surface area contributed by atoms with Crippen LogP contribution in [0.15, 0.2) is 12.2 Å². The molecular formula is C21H38O3. The zero-order chi connectivity index (χ0) is 17.4. The first-order valence-corrected chi connectivity index (χ1v) is 10.3. The van der Waals surface area contributed by atoms with Gasteiger partial charge in [0.05, 0.1) is 12.7 Å². The van der Waals surface area contributed by atoms with Gasteiger partial charge in [0.2, 0.25) is 0 Å². The normalized spacial score (nSPS) is 32.5. The molecule has 0 aromatic heterocycles. The third-order valence-electron chi connectivity index (χ3n) is 6.37. The van der Waals surface area contributed by atoms with Crippen molar-refractivity contribution < 1.29 is 14.9 Å². The van der Waals surface area contributed by atoms with E-state index in [1.165, 1.54) is 64.2 Å². The summed E-state index contributed by atoms with van der Waals surface area (Å²) in [4.78, 5) is 0. The molecule has 2 aliphatic rings. The SMILES string of the molecule is C=C(CO)C(O)OC1CCC(C2CCC(CCCCC)CC2)CC1. The zero-order valence-electron chi connectivity index (χ0n) is 15.6. The molecule has 2 saturated carbocycles. The van der Waals surface area contributed by atoms with E-state index in [9.17, 15) is 5.11 Å². The smallest absolute Gasteiger partial charge is 0.179 e. The van der Waals surface area contributed by atoms with Crippen LogP contribution in [-0.4, -0.2) is 29.2 Å². The molecule has 0 heterocycles. The van der Waals surface area contributed by atoms with Gasteiger partial charge in [-0.15, -0.1) is 0 Å². The second kappa shape index (κ2) is 10.6. The van der Waals surface area contributed by atoms with Crippen molar-refractivity contribution in [3.8, 4) is 0 Å². The fourth-order valence-corrected chi connectivity index (χ4v) is 4.68. The Morgan fingerprint density at radius 3 is 2.12 bits per heavy atom. The van der Waals surface area contributed by atoms with Gasteiger partial charge >= 0.3 is 0 Å². The number of rotatable bonds is 9. The molecule has 2 aliphatic carbocycles. The molecule has 1 unspecified atom stereocenters. The van der Waals surface area contributed by atoms with Gasteiger partial charge < -0.3 is 14.9 Å². The maximum Gasteiger partial charge on any atom is 0.179 e. The van der Waals surface area contributed by atoms with E-state index >= 15 is 0 Å². The lowest BCUT2D eigenvalue weighted by Gasteiger charge is -2.38. The number of hydrogen-bond acceptors (Lipinski definition) is 3. The number of aliphatic hydroxyl groups excluding tert-OH is 2. The van der Waals surface area contributed by atoms with E-state index in [-0.39, 0.29) is 12.7 Å². The Bertz CT molecular complexity index is 352. The Labute approximate surface area is 148 Å². The zero-order valence-corrected chi connectivity index (χ0v) is 15.6. The summed E-state index contributed by atoms with van der Waals surface area (Å²) in [6.07, 6.45) is 15.0. The Morgan fingerprint density at radius 2 is 1.58 bits per heavy atom. The number of aliphatic hydroxyl groups is 2. The van der Waals surface area contributed by atoms with Crippen LogP contribution in [0.1, 0.15) is 84.0 Å². The molecule has 0 radical (unpaired) electrons. The van der Waals surface area contributed by atoms with Gasteiger partial charge in [0.1, 0.15) is 0 Å². The Balaban J connectivity index is 1.64. The highest BCUT2D eigenvalue weighted by atomic mass is 16.6. The summed E-state index contributed by atoms with van der Waals surface area (Å²) in [5.74, 6) is 2.78. The maximum atomic E-state index is 9.82. The van der Waals surface area contributed by atoms with Gasteiger partial charge in [-0.25, -0.2) is 0 Å². The van der Waals surface area contributed by atoms with Gasteiger partial charge in [0, 0.05) is 5.57 Å². The first-order chi connectivity index (χ1) is 11.6. The van der Waals surface area contributed by atoms with Crippen LogP contribution in [-0.2, 0) is 4.74 Å². The van der Waals surface area contributed by atoms with Gasteiger partial charge in [0.15, 0.2) is 6.29 Å². The van der Waals surface area contributed by atoms with Crippen LogP contribution in [0, 0.1) is 17.8 Å². The highest BCUT2D eigenvalue weighted by molar-refractivity contribution is 4.97. The van der Waals surface area contributed by atoms with Crippen molar-refractivity contribution in [1.29, 1.82) is 0 Å². The summed E-state index contributed by atoms with van der Waals surface area (Å²) >= 11 is 0. The van der Waals surface area contributed by atoms with E-state index in [0.29, 0.717) is 5.57 Å². The third-order valence-corrected chi connectivity index (χ3v) is 6.37. The minimum atomic E-state index is -1.00. The van der Waals surface area contributed by atoms with Gasteiger partial charge in [0.25, 0.3) is 0 Å². The molecule has 140 valence electrons. The van der Waals surface area contributed by atoms with E-state index in [1.54, 1.807) is 0 Å². The van der Waals surface area contributed by atoms with Crippen LogP contribution >= 0.6 is 0 Å². The predicted octanol–water partition coefficient (Wildman–Crippen LogP) is 4.82. The molecule has 3 nitrogen and oxygen atoms in total. The van der Waals surface area contributed by atoms with Crippen LogP contribution in [0.5, 0.6) is 0 Å². The van der Waals surface area contributed by atoms with Gasteiger partial charge in [-0.05, 0) is 56.3 Å². The molecule has 3 heteroatoms. The Hall–Kier alpha value is -0.380. The van der Waals surface area contributed by atoms with E-state index in [2.05, 4.69) is 13.5 Å². The lowest BCUT2D eigenvalue weighted by molar-refractivity contribution is -0.129. The lowest BCUT2D eigenvalue weighted by atomic mass is 9.70. The van der Waals surface area contributed by atoms with Crippen LogP contribution in [0.2, 0.25) is 0 Å². The van der Waals surface area contributed by atoms with Gasteiger partial charge in [-0.1, -0.05) is 52.0 Å². The molecular weight excluding hydrogens is 300 g/mol. The molecule has 24 heavy (non-hydrogen) atoms. The molecule has 0 bridgehead atoms. The molecule has 0 aromatic rings. The largest absolute Gasteiger partial charge is 0.392 e. The fourth-order valence-electron chi connectivity index (χ4n) is 4.68. The number of unbranched alkanes of at least 4 members (excludes halogenated alkanes) is 2. The summed E-state index contributed by atoms with van der Waals surface area (Å²) in [6.45, 7) is 5.71. The van der Waals surface area contributed by atoms with Crippen LogP contribution in [0.4, 0.5) is 0 Å². The summed E-state index contributed by atoms with van der Waals surface area (Å²) in [5.41, 5.74) is 0.360. The van der Waals surface area contributed by atoms with Crippen LogP contribution in [0.3, 0.4) is 0 Å². The molecule has 0 spiro atoms. The minimum absolute atomic E-state index is 0.130. The van der Waals surface area contributed by atoms with E-state index < -0.39 is 6.29 Å². The highest BCUT2D eigenvalue weighted by Crippen LogP contribution is 2.41. The topological polar surface area (TPSA) is 49.7 Å². The van der Waals surface area contributed by atoms with Crippen molar-refractivity contribution in [1.82, 2.24) is 0 Å². The number of hydrogen-bond donors (Lipinski definition) is 2. The molecule has 2 fully saturated rings. The first kappa shape index (κ1) is 19.9. The average molecular weight is 339 g/mol. The second-order valence-corrected chi connectivity index (χ2v) is 8.12. The maximum absolute atomic E-state index is 9.82. The third kappa shape index (κ3) is 6.16. The fraction of sp³-hybridized carbons (Fsp3) is 0.905. The second-order valence-electron chi connectivity index (χ2n) is 8.12. The molecule has 0 aromatic carbocycles.